The van der Waals surface area contributed by atoms with Gasteiger partial charge in [0.25, 0.3) is 5.69 Å². The van der Waals surface area contributed by atoms with Gasteiger partial charge in [-0.1, -0.05) is 12.1 Å². The predicted octanol–water partition coefficient (Wildman–Crippen LogP) is 2.03. The summed E-state index contributed by atoms with van der Waals surface area (Å²) in [5.41, 5.74) is 7.82. The smallest absolute Gasteiger partial charge is 0.340 e. The average molecular weight is 386 g/mol. The first-order valence-electron chi connectivity index (χ1n) is 8.47. The maximum Gasteiger partial charge on any atom is 0.340 e. The summed E-state index contributed by atoms with van der Waals surface area (Å²) in [6.07, 6.45) is 0. The van der Waals surface area contributed by atoms with Crippen molar-refractivity contribution < 1.29 is 24.0 Å². The molecule has 2 aliphatic rings. The van der Waals surface area contributed by atoms with Crippen LogP contribution in [0.5, 0.6) is 0 Å². The average Bonchev–Trinajstić information content (AvgIpc) is 2.99. The molecule has 0 spiro atoms. The van der Waals surface area contributed by atoms with Gasteiger partial charge < -0.3 is 25.8 Å². The Bertz CT molecular complexity index is 930. The number of fused-ring (bicyclic) bond motifs is 2. The van der Waals surface area contributed by atoms with Gasteiger partial charge in [0, 0.05) is 19.2 Å². The molecule has 0 saturated carbocycles. The third kappa shape index (κ3) is 3.95. The zero-order chi connectivity index (χ0) is 20.1. The molecule has 4 N–H and O–H groups in total. The molecule has 0 atom stereocenters. The third-order valence-corrected chi connectivity index (χ3v) is 4.05. The van der Waals surface area contributed by atoms with Crippen LogP contribution in [-0.4, -0.2) is 43.2 Å². The summed E-state index contributed by atoms with van der Waals surface area (Å²) in [6, 6.07) is 9.51. The monoisotopic (exact) mass is 386 g/mol. The molecular formula is C18H18N4O6. The van der Waals surface area contributed by atoms with E-state index in [1.54, 1.807) is 18.2 Å². The number of nitrogens with zero attached hydrogens (tertiary/aromatic N) is 1. The minimum absolute atomic E-state index is 0.105. The first-order chi connectivity index (χ1) is 13.5. The van der Waals surface area contributed by atoms with Crippen molar-refractivity contribution in [2.45, 2.75) is 0 Å². The number of nitro groups is 1. The minimum Gasteiger partial charge on any atom is -0.460 e. The summed E-state index contributed by atoms with van der Waals surface area (Å²) in [7, 11) is 0. The van der Waals surface area contributed by atoms with Crippen LogP contribution >= 0.6 is 0 Å². The van der Waals surface area contributed by atoms with Gasteiger partial charge >= 0.3 is 11.9 Å². The lowest BCUT2D eigenvalue weighted by atomic mass is 10.1. The van der Waals surface area contributed by atoms with Crippen molar-refractivity contribution in [2.75, 3.05) is 42.7 Å². The quantitative estimate of drug-likeness (QED) is 0.290. The number of hydrogen-bond donors (Lipinski definition) is 3. The molecule has 0 unspecified atom stereocenters. The number of hydrogen-bond acceptors (Lipinski definition) is 9. The van der Waals surface area contributed by atoms with Crippen LogP contribution in [0.25, 0.3) is 0 Å². The SMILES string of the molecule is Nc1cccc2c1NCCOC2=O.O=C1OCCNc2c1cccc2[N+](=O)[O-]. The van der Waals surface area contributed by atoms with Gasteiger partial charge in [0.15, 0.2) is 0 Å². The van der Waals surface area contributed by atoms with Crippen molar-refractivity contribution in [1.82, 2.24) is 0 Å². The summed E-state index contributed by atoms with van der Waals surface area (Å²) in [5, 5.41) is 16.6. The normalized spacial score (nSPS) is 14.9. The van der Waals surface area contributed by atoms with Crippen molar-refractivity contribution in [3.63, 3.8) is 0 Å². The Balaban J connectivity index is 0.000000162. The Morgan fingerprint density at radius 3 is 2.04 bits per heavy atom. The molecule has 4 rings (SSSR count). The van der Waals surface area contributed by atoms with Crippen LogP contribution in [0.2, 0.25) is 0 Å². The van der Waals surface area contributed by atoms with E-state index >= 15 is 0 Å². The number of nitrogen functional groups attached to an aromatic ring is 1. The lowest BCUT2D eigenvalue weighted by Gasteiger charge is -2.07. The highest BCUT2D eigenvalue weighted by Gasteiger charge is 2.24. The molecule has 0 aromatic heterocycles. The van der Waals surface area contributed by atoms with Crippen molar-refractivity contribution >= 4 is 34.7 Å². The summed E-state index contributed by atoms with van der Waals surface area (Å²) in [6.45, 7) is 1.58. The number of carbonyl (C=O) groups is 2. The third-order valence-electron chi connectivity index (χ3n) is 4.05. The van der Waals surface area contributed by atoms with Crippen LogP contribution in [0.15, 0.2) is 36.4 Å². The number of carbonyl (C=O) groups excluding carboxylic acids is 2. The first-order valence-corrected chi connectivity index (χ1v) is 8.47. The molecule has 0 fully saturated rings. The van der Waals surface area contributed by atoms with Crippen molar-refractivity contribution in [2.24, 2.45) is 0 Å². The van der Waals surface area contributed by atoms with Crippen LogP contribution in [-0.2, 0) is 9.47 Å². The number of esters is 2. The highest BCUT2D eigenvalue weighted by Crippen LogP contribution is 2.29. The van der Waals surface area contributed by atoms with E-state index in [9.17, 15) is 19.7 Å². The summed E-state index contributed by atoms with van der Waals surface area (Å²) >= 11 is 0. The number of nitro benzene ring substituents is 1. The van der Waals surface area contributed by atoms with E-state index < -0.39 is 10.9 Å². The molecule has 0 radical (unpaired) electrons. The molecule has 10 heteroatoms. The van der Waals surface area contributed by atoms with Crippen molar-refractivity contribution in [3.8, 4) is 0 Å². The molecule has 0 saturated heterocycles. The topological polar surface area (TPSA) is 146 Å². The van der Waals surface area contributed by atoms with Crippen LogP contribution < -0.4 is 16.4 Å². The first kappa shape index (κ1) is 19.0. The molecule has 2 aliphatic heterocycles. The van der Waals surface area contributed by atoms with Crippen LogP contribution in [0.1, 0.15) is 20.7 Å². The van der Waals surface area contributed by atoms with Gasteiger partial charge in [-0.3, -0.25) is 10.1 Å². The molecule has 2 aromatic carbocycles. The number of rotatable bonds is 1. The molecule has 2 heterocycles. The molecule has 28 heavy (non-hydrogen) atoms. The predicted molar refractivity (Wildman–Crippen MR) is 101 cm³/mol. The van der Waals surface area contributed by atoms with E-state index in [-0.39, 0.29) is 29.5 Å². The van der Waals surface area contributed by atoms with Gasteiger partial charge in [0.1, 0.15) is 18.9 Å². The van der Waals surface area contributed by atoms with E-state index in [0.717, 1.165) is 0 Å². The molecular weight excluding hydrogens is 368 g/mol. The van der Waals surface area contributed by atoms with E-state index in [2.05, 4.69) is 10.6 Å². The van der Waals surface area contributed by atoms with Crippen LogP contribution in [0.3, 0.4) is 0 Å². The summed E-state index contributed by atoms with van der Waals surface area (Å²) in [5.74, 6) is -0.842. The zero-order valence-electron chi connectivity index (χ0n) is 14.8. The van der Waals surface area contributed by atoms with E-state index in [1.807, 2.05) is 0 Å². The maximum absolute atomic E-state index is 11.4. The molecule has 10 nitrogen and oxygen atoms in total. The van der Waals surface area contributed by atoms with Crippen molar-refractivity contribution in [3.05, 3.63) is 57.6 Å². The van der Waals surface area contributed by atoms with Crippen LogP contribution in [0, 0.1) is 10.1 Å². The number of para-hydroxylation sites is 2. The van der Waals surface area contributed by atoms with Gasteiger partial charge in [0.2, 0.25) is 0 Å². The van der Waals surface area contributed by atoms with Gasteiger partial charge in [0.05, 0.1) is 27.4 Å². The molecule has 2 aromatic rings. The Morgan fingerprint density at radius 1 is 0.893 bits per heavy atom. The summed E-state index contributed by atoms with van der Waals surface area (Å²) in [4.78, 5) is 32.9. The molecule has 0 aliphatic carbocycles. The number of ether oxygens (including phenoxy) is 2. The van der Waals surface area contributed by atoms with Gasteiger partial charge in [-0.25, -0.2) is 9.59 Å². The summed E-state index contributed by atoms with van der Waals surface area (Å²) < 4.78 is 9.77. The minimum atomic E-state index is -0.529. The Labute approximate surface area is 159 Å². The van der Waals surface area contributed by atoms with Crippen molar-refractivity contribution in [1.29, 1.82) is 0 Å². The fourth-order valence-corrected chi connectivity index (χ4v) is 2.78. The number of nitrogens with two attached hydrogens (primary N) is 1. The van der Waals surface area contributed by atoms with E-state index in [4.69, 9.17) is 15.2 Å². The Kier molecular flexibility index (Phi) is 5.58. The zero-order valence-corrected chi connectivity index (χ0v) is 14.8. The standard InChI is InChI=1S/C9H8N2O4.C9H10N2O2/c12-9-6-2-1-3-7(11(13)14)8(6)10-4-5-15-9;10-7-3-1-2-6-8(7)11-4-5-13-9(6)12/h1-3,10H,4-5H2;1-3,11H,4-5,10H2. The highest BCUT2D eigenvalue weighted by atomic mass is 16.6. The number of anilines is 3. The van der Waals surface area contributed by atoms with E-state index in [1.165, 1.54) is 18.2 Å². The number of cyclic esters (lactones) is 2. The second-order valence-electron chi connectivity index (χ2n) is 5.85. The second kappa shape index (κ2) is 8.25. The largest absolute Gasteiger partial charge is 0.460 e. The number of nitrogens with one attached hydrogen (secondary N) is 2. The molecule has 146 valence electrons. The lowest BCUT2D eigenvalue weighted by Crippen LogP contribution is -2.06. The number of benzene rings is 2. The fraction of sp³-hybridized carbons (Fsp3) is 0.222. The molecule has 0 bridgehead atoms. The Morgan fingerprint density at radius 2 is 1.43 bits per heavy atom. The van der Waals surface area contributed by atoms with Gasteiger partial charge in [-0.2, -0.15) is 0 Å². The Hall–Kier alpha value is -3.82. The van der Waals surface area contributed by atoms with Crippen LogP contribution in [0.4, 0.5) is 22.7 Å². The van der Waals surface area contributed by atoms with E-state index in [0.29, 0.717) is 36.6 Å². The lowest BCUT2D eigenvalue weighted by molar-refractivity contribution is -0.384. The van der Waals surface area contributed by atoms with Gasteiger partial charge in [-0.05, 0) is 18.2 Å². The second-order valence-corrected chi connectivity index (χ2v) is 5.85. The maximum atomic E-state index is 11.4. The fourth-order valence-electron chi connectivity index (χ4n) is 2.78. The highest BCUT2D eigenvalue weighted by molar-refractivity contribution is 5.99. The molecule has 0 amide bonds. The van der Waals surface area contributed by atoms with Gasteiger partial charge in [-0.15, -0.1) is 0 Å².